The molecular weight excluding hydrogens is 282 g/mol. The highest BCUT2D eigenvalue weighted by molar-refractivity contribution is 5.78. The number of rotatable bonds is 3. The van der Waals surface area contributed by atoms with Crippen molar-refractivity contribution in [1.82, 2.24) is 24.9 Å². The normalized spacial score (nSPS) is 11.4. The van der Waals surface area contributed by atoms with Gasteiger partial charge in [-0.15, -0.1) is 0 Å². The summed E-state index contributed by atoms with van der Waals surface area (Å²) < 4.78 is 12.6. The summed E-state index contributed by atoms with van der Waals surface area (Å²) >= 11 is 0. The van der Waals surface area contributed by atoms with Crippen LogP contribution in [0.15, 0.2) is 39.4 Å². The maximum Gasteiger partial charge on any atom is 0.276 e. The lowest BCUT2D eigenvalue weighted by atomic mass is 10.2. The summed E-state index contributed by atoms with van der Waals surface area (Å²) in [5.41, 5.74) is 3.16. The second-order valence-corrected chi connectivity index (χ2v) is 4.91. The van der Waals surface area contributed by atoms with E-state index in [1.54, 1.807) is 10.9 Å². The van der Waals surface area contributed by atoms with Gasteiger partial charge < -0.3 is 8.94 Å². The summed E-state index contributed by atoms with van der Waals surface area (Å²) in [4.78, 5) is 8.84. The lowest BCUT2D eigenvalue weighted by Gasteiger charge is -1.94. The van der Waals surface area contributed by atoms with Crippen molar-refractivity contribution in [2.45, 2.75) is 13.3 Å². The monoisotopic (exact) mass is 295 g/mol. The molecule has 110 valence electrons. The van der Waals surface area contributed by atoms with Crippen molar-refractivity contribution in [2.75, 3.05) is 0 Å². The van der Waals surface area contributed by atoms with E-state index in [4.69, 9.17) is 8.94 Å². The van der Waals surface area contributed by atoms with Crippen LogP contribution in [-0.4, -0.2) is 24.9 Å². The minimum absolute atomic E-state index is 0.435. The van der Waals surface area contributed by atoms with E-state index in [2.05, 4.69) is 20.2 Å². The van der Waals surface area contributed by atoms with Crippen molar-refractivity contribution >= 4 is 11.1 Å². The number of aryl methyl sites for hydroxylation is 2. The third-order valence-electron chi connectivity index (χ3n) is 3.46. The van der Waals surface area contributed by atoms with E-state index in [0.717, 1.165) is 34.7 Å². The van der Waals surface area contributed by atoms with Crippen LogP contribution in [0.5, 0.6) is 0 Å². The molecule has 0 fully saturated rings. The van der Waals surface area contributed by atoms with Gasteiger partial charge in [0.05, 0.1) is 0 Å². The van der Waals surface area contributed by atoms with E-state index in [0.29, 0.717) is 11.7 Å². The largest absolute Gasteiger partial charge is 0.441 e. The second-order valence-electron chi connectivity index (χ2n) is 4.91. The highest BCUT2D eigenvalue weighted by Gasteiger charge is 2.14. The van der Waals surface area contributed by atoms with Crippen LogP contribution in [0.25, 0.3) is 34.1 Å². The summed E-state index contributed by atoms with van der Waals surface area (Å²) in [6, 6.07) is 7.49. The molecule has 3 aromatic heterocycles. The Morgan fingerprint density at radius 3 is 2.86 bits per heavy atom. The highest BCUT2D eigenvalue weighted by atomic mass is 16.5. The molecule has 4 aromatic rings. The highest BCUT2D eigenvalue weighted by Crippen LogP contribution is 2.25. The van der Waals surface area contributed by atoms with E-state index in [-0.39, 0.29) is 0 Å². The molecule has 0 saturated carbocycles. The number of hydrogen-bond donors (Lipinski definition) is 0. The Bertz CT molecular complexity index is 950. The van der Waals surface area contributed by atoms with Gasteiger partial charge in [0.15, 0.2) is 11.5 Å². The van der Waals surface area contributed by atoms with Crippen molar-refractivity contribution in [3.63, 3.8) is 0 Å². The van der Waals surface area contributed by atoms with Crippen LogP contribution >= 0.6 is 0 Å². The molecule has 3 heterocycles. The third kappa shape index (κ3) is 1.98. The molecule has 0 aliphatic rings. The summed E-state index contributed by atoms with van der Waals surface area (Å²) in [6.45, 7) is 2.00. The molecule has 0 amide bonds. The molecule has 4 rings (SSSR count). The first-order valence-corrected chi connectivity index (χ1v) is 6.96. The maximum atomic E-state index is 5.60. The topological polar surface area (TPSA) is 82.8 Å². The Balaban J connectivity index is 1.75. The van der Waals surface area contributed by atoms with Gasteiger partial charge in [-0.2, -0.15) is 10.1 Å². The zero-order valence-corrected chi connectivity index (χ0v) is 12.1. The quantitative estimate of drug-likeness (QED) is 0.578. The van der Waals surface area contributed by atoms with Crippen LogP contribution in [-0.2, 0) is 13.5 Å². The van der Waals surface area contributed by atoms with Crippen LogP contribution in [0.2, 0.25) is 0 Å². The second kappa shape index (κ2) is 4.80. The minimum atomic E-state index is 0.435. The molecule has 0 saturated heterocycles. The molecule has 0 aliphatic carbocycles. The third-order valence-corrected chi connectivity index (χ3v) is 3.46. The summed E-state index contributed by atoms with van der Waals surface area (Å²) in [5.74, 6) is 1.67. The smallest absolute Gasteiger partial charge is 0.276 e. The summed E-state index contributed by atoms with van der Waals surface area (Å²) in [6.07, 6.45) is 2.45. The lowest BCUT2D eigenvalue weighted by molar-refractivity contribution is 0.428. The Hall–Kier alpha value is -2.96. The fourth-order valence-corrected chi connectivity index (χ4v) is 2.29. The molecule has 0 bridgehead atoms. The first-order chi connectivity index (χ1) is 10.7. The van der Waals surface area contributed by atoms with E-state index in [9.17, 15) is 0 Å². The van der Waals surface area contributed by atoms with Gasteiger partial charge in [0.25, 0.3) is 5.89 Å². The van der Waals surface area contributed by atoms with Crippen LogP contribution in [0, 0.1) is 0 Å². The zero-order chi connectivity index (χ0) is 15.1. The van der Waals surface area contributed by atoms with Crippen molar-refractivity contribution < 1.29 is 8.94 Å². The molecule has 0 atom stereocenters. The van der Waals surface area contributed by atoms with Crippen molar-refractivity contribution in [3.8, 4) is 23.0 Å². The SMILES string of the molecule is CCc1nc2cc(-c3noc(-c4ccnn4C)n3)ccc2o1. The van der Waals surface area contributed by atoms with Gasteiger partial charge in [0.1, 0.15) is 11.2 Å². The maximum absolute atomic E-state index is 5.60. The van der Waals surface area contributed by atoms with E-state index in [1.165, 1.54) is 0 Å². The van der Waals surface area contributed by atoms with Gasteiger partial charge in [-0.3, -0.25) is 4.68 Å². The fraction of sp³-hybridized carbons (Fsp3) is 0.200. The van der Waals surface area contributed by atoms with E-state index >= 15 is 0 Å². The van der Waals surface area contributed by atoms with Gasteiger partial charge in [-0.1, -0.05) is 12.1 Å². The number of hydrogen-bond acceptors (Lipinski definition) is 6. The molecule has 7 heteroatoms. The van der Waals surface area contributed by atoms with Gasteiger partial charge in [0.2, 0.25) is 5.82 Å². The predicted octanol–water partition coefficient (Wildman–Crippen LogP) is 2.84. The Labute approximate surface area is 125 Å². The molecule has 1 aromatic carbocycles. The van der Waals surface area contributed by atoms with E-state index in [1.807, 2.05) is 38.2 Å². The van der Waals surface area contributed by atoms with Crippen molar-refractivity contribution in [2.24, 2.45) is 7.05 Å². The number of aromatic nitrogens is 5. The minimum Gasteiger partial charge on any atom is -0.441 e. The fourth-order valence-electron chi connectivity index (χ4n) is 2.29. The molecule has 0 aliphatic heterocycles. The molecule has 7 nitrogen and oxygen atoms in total. The first-order valence-electron chi connectivity index (χ1n) is 6.96. The number of fused-ring (bicyclic) bond motifs is 1. The van der Waals surface area contributed by atoms with E-state index < -0.39 is 0 Å². The first kappa shape index (κ1) is 12.8. The van der Waals surface area contributed by atoms with Gasteiger partial charge in [0, 0.05) is 25.2 Å². The number of benzene rings is 1. The standard InChI is InChI=1S/C15H13N5O2/c1-3-13-17-10-8-9(4-5-12(10)21-13)14-18-15(22-19-14)11-6-7-16-20(11)2/h4-8H,3H2,1-2H3. The van der Waals surface area contributed by atoms with Crippen LogP contribution in [0.1, 0.15) is 12.8 Å². The lowest BCUT2D eigenvalue weighted by Crippen LogP contribution is -1.93. The van der Waals surface area contributed by atoms with Gasteiger partial charge >= 0.3 is 0 Å². The zero-order valence-electron chi connectivity index (χ0n) is 12.1. The van der Waals surface area contributed by atoms with Gasteiger partial charge in [-0.25, -0.2) is 4.98 Å². The summed E-state index contributed by atoms with van der Waals surface area (Å²) in [7, 11) is 1.83. The van der Waals surface area contributed by atoms with Crippen LogP contribution in [0.4, 0.5) is 0 Å². The van der Waals surface area contributed by atoms with Crippen LogP contribution in [0.3, 0.4) is 0 Å². The molecule has 0 radical (unpaired) electrons. The van der Waals surface area contributed by atoms with Crippen LogP contribution < -0.4 is 0 Å². The Morgan fingerprint density at radius 2 is 2.09 bits per heavy atom. The average Bonchev–Trinajstić information content (AvgIpc) is 3.24. The van der Waals surface area contributed by atoms with Crippen molar-refractivity contribution in [1.29, 1.82) is 0 Å². The van der Waals surface area contributed by atoms with Gasteiger partial charge in [-0.05, 0) is 24.3 Å². The molecular formula is C15H13N5O2. The Kier molecular flexibility index (Phi) is 2.78. The number of nitrogens with zero attached hydrogens (tertiary/aromatic N) is 5. The molecule has 22 heavy (non-hydrogen) atoms. The average molecular weight is 295 g/mol. The molecule has 0 unspecified atom stereocenters. The molecule has 0 N–H and O–H groups in total. The van der Waals surface area contributed by atoms with Crippen molar-refractivity contribution in [3.05, 3.63) is 36.4 Å². The molecule has 0 spiro atoms. The summed E-state index contributed by atoms with van der Waals surface area (Å²) in [5, 5.41) is 8.13. The predicted molar refractivity (Wildman–Crippen MR) is 78.9 cm³/mol. The Morgan fingerprint density at radius 1 is 1.18 bits per heavy atom. The number of oxazole rings is 1.